The summed E-state index contributed by atoms with van der Waals surface area (Å²) in [4.78, 5) is 89.7. The number of benzene rings is 6. The third-order valence-electron chi connectivity index (χ3n) is 10.8. The molecule has 12 nitrogen and oxygen atoms in total. The van der Waals surface area contributed by atoms with Gasteiger partial charge in [-0.1, -0.05) is 0 Å². The van der Waals surface area contributed by atoms with Crippen LogP contribution in [0.25, 0.3) is 0 Å². The van der Waals surface area contributed by atoms with Gasteiger partial charge in [-0.15, -0.1) is 0 Å². The minimum absolute atomic E-state index is 0.278. The lowest BCUT2D eigenvalue weighted by Gasteiger charge is -2.22. The molecule has 12 heteroatoms. The molecule has 6 aromatic carbocycles. The highest BCUT2D eigenvalue weighted by molar-refractivity contribution is 6.11. The molecular formula is C48H42N6O6. The number of nitrogens with zero attached hydrogens (tertiary/aromatic N) is 6. The Morgan fingerprint density at radius 1 is 0.200 bits per heavy atom. The maximum atomic E-state index is 13.5. The molecule has 12 bridgehead atoms. The number of hydrogen-bond donors (Lipinski definition) is 0. The Labute approximate surface area is 348 Å². The van der Waals surface area contributed by atoms with Crippen molar-refractivity contribution >= 4 is 69.6 Å². The van der Waals surface area contributed by atoms with Crippen molar-refractivity contribution in [1.29, 1.82) is 0 Å². The van der Waals surface area contributed by atoms with Crippen molar-refractivity contribution in [2.45, 2.75) is 0 Å². The zero-order valence-electron chi connectivity index (χ0n) is 34.0. The summed E-state index contributed by atoms with van der Waals surface area (Å²) in [6.07, 6.45) is 0. The summed E-state index contributed by atoms with van der Waals surface area (Å²) in [6, 6.07) is 40.2. The van der Waals surface area contributed by atoms with E-state index in [1.165, 1.54) is 29.4 Å². The van der Waals surface area contributed by atoms with Crippen molar-refractivity contribution in [2.24, 2.45) is 0 Å². The lowest BCUT2D eigenvalue weighted by molar-refractivity contribution is 0.0984. The molecule has 0 unspecified atom stereocenters. The van der Waals surface area contributed by atoms with E-state index < -0.39 is 0 Å². The van der Waals surface area contributed by atoms with E-state index in [2.05, 4.69) is 0 Å². The molecule has 0 saturated carbocycles. The van der Waals surface area contributed by atoms with Crippen LogP contribution in [-0.4, -0.2) is 77.7 Å². The average molecular weight is 799 g/mol. The Kier molecular flexibility index (Phi) is 11.1. The first-order valence-electron chi connectivity index (χ1n) is 19.0. The molecule has 10 heterocycles. The molecule has 0 fully saturated rings. The summed E-state index contributed by atoms with van der Waals surface area (Å²) in [6.45, 7) is 0. The molecule has 0 aromatic heterocycles. The summed E-state index contributed by atoms with van der Waals surface area (Å²) >= 11 is 0. The van der Waals surface area contributed by atoms with Crippen molar-refractivity contribution in [2.75, 3.05) is 71.7 Å². The highest BCUT2D eigenvalue weighted by Gasteiger charge is 2.22. The van der Waals surface area contributed by atoms with Crippen LogP contribution >= 0.6 is 0 Å². The second kappa shape index (κ2) is 16.5. The van der Waals surface area contributed by atoms with Gasteiger partial charge in [0.2, 0.25) is 0 Å². The molecule has 0 aliphatic carbocycles. The summed E-state index contributed by atoms with van der Waals surface area (Å²) < 4.78 is 0. The fourth-order valence-corrected chi connectivity index (χ4v) is 6.83. The smallest absolute Gasteiger partial charge is 0.258 e. The van der Waals surface area contributed by atoms with Crippen molar-refractivity contribution in [3.05, 3.63) is 179 Å². The van der Waals surface area contributed by atoms with Crippen LogP contribution < -0.4 is 29.4 Å². The van der Waals surface area contributed by atoms with E-state index in [1.54, 1.807) is 188 Å². The monoisotopic (exact) mass is 798 g/mol. The zero-order valence-corrected chi connectivity index (χ0v) is 34.0. The van der Waals surface area contributed by atoms with Gasteiger partial charge in [-0.3, -0.25) is 28.8 Å². The van der Waals surface area contributed by atoms with Gasteiger partial charge in [-0.2, -0.15) is 0 Å². The average Bonchev–Trinajstić information content (AvgIpc) is 3.31. The quantitative estimate of drug-likeness (QED) is 0.156. The van der Waals surface area contributed by atoms with E-state index in [0.29, 0.717) is 67.5 Å². The molecule has 10 aliphatic rings. The molecule has 0 saturated heterocycles. The van der Waals surface area contributed by atoms with Crippen LogP contribution in [0.15, 0.2) is 146 Å². The van der Waals surface area contributed by atoms with Crippen molar-refractivity contribution in [1.82, 2.24) is 0 Å². The topological polar surface area (TPSA) is 122 Å². The normalized spacial score (nSPS) is 14.5. The van der Waals surface area contributed by atoms with Crippen LogP contribution in [0, 0.1) is 0 Å². The summed E-state index contributed by atoms with van der Waals surface area (Å²) in [5.41, 5.74) is 5.90. The predicted molar refractivity (Wildman–Crippen MR) is 235 cm³/mol. The van der Waals surface area contributed by atoms with Crippen molar-refractivity contribution < 1.29 is 28.8 Å². The Morgan fingerprint density at radius 3 is 0.400 bits per heavy atom. The minimum Gasteiger partial charge on any atom is -0.311 e. The Morgan fingerprint density at radius 2 is 0.300 bits per heavy atom. The standard InChI is InChI=1S/C48H42N6O6/c1-49-37-19-7-32(8-20-37)44(56)51(3)39-23-11-34(12-24-39)46(58)53(5)41-27-15-36(16-28-41)48(60)54(6)42-29-17-35(18-30-42)47(59)52(4)40-25-13-33(14-26-40)45(57)50(2)38-21-9-31(10-22-38)43(49)55/h7-30H,1-6H3. The van der Waals surface area contributed by atoms with Gasteiger partial charge < -0.3 is 29.4 Å². The Balaban J connectivity index is 1.17. The van der Waals surface area contributed by atoms with Crippen LogP contribution in [0.4, 0.5) is 34.1 Å². The van der Waals surface area contributed by atoms with E-state index in [1.807, 2.05) is 0 Å². The minimum atomic E-state index is -0.278. The van der Waals surface area contributed by atoms with E-state index in [0.717, 1.165) is 0 Å². The second-order valence-corrected chi connectivity index (χ2v) is 14.5. The van der Waals surface area contributed by atoms with Crippen LogP contribution in [0.2, 0.25) is 0 Å². The van der Waals surface area contributed by atoms with Gasteiger partial charge in [-0.05, 0) is 146 Å². The molecule has 300 valence electrons. The fraction of sp³-hybridized carbons (Fsp3) is 0.125. The van der Waals surface area contributed by atoms with E-state index in [-0.39, 0.29) is 35.4 Å². The molecule has 60 heavy (non-hydrogen) atoms. The van der Waals surface area contributed by atoms with E-state index in [4.69, 9.17) is 0 Å². The molecule has 0 radical (unpaired) electrons. The molecule has 0 spiro atoms. The molecule has 6 aromatic rings. The molecule has 6 amide bonds. The van der Waals surface area contributed by atoms with Gasteiger partial charge in [0.05, 0.1) is 0 Å². The SMILES string of the molecule is CN1C(=O)c2ccc(cc2)N(C)C(=O)c2ccc(cc2)N(C)C(=O)c2ccc(cc2)N(C)C(=O)c2ccc(cc2)N(C)C(=O)c2ccc(cc2)N(C)C(=O)c2ccc1cc2. The number of carbonyl (C=O) groups is 6. The third kappa shape index (κ3) is 7.86. The second-order valence-electron chi connectivity index (χ2n) is 14.5. The summed E-state index contributed by atoms with van der Waals surface area (Å²) in [7, 11) is 9.87. The Hall–Kier alpha value is -7.86. The highest BCUT2D eigenvalue weighted by Crippen LogP contribution is 2.26. The van der Waals surface area contributed by atoms with Gasteiger partial charge in [0.15, 0.2) is 0 Å². The van der Waals surface area contributed by atoms with E-state index >= 15 is 0 Å². The third-order valence-corrected chi connectivity index (χ3v) is 10.8. The first kappa shape index (κ1) is 40.3. The summed E-state index contributed by atoms with van der Waals surface area (Å²) in [5, 5.41) is 0. The van der Waals surface area contributed by atoms with Crippen LogP contribution in [-0.2, 0) is 0 Å². The maximum Gasteiger partial charge on any atom is 0.258 e. The van der Waals surface area contributed by atoms with Crippen molar-refractivity contribution in [3.8, 4) is 0 Å². The molecule has 0 atom stereocenters. The first-order chi connectivity index (χ1) is 28.7. The number of anilines is 6. The van der Waals surface area contributed by atoms with Gasteiger partial charge in [0, 0.05) is 110 Å². The van der Waals surface area contributed by atoms with Gasteiger partial charge in [0.1, 0.15) is 0 Å². The molecule has 10 aliphatic heterocycles. The predicted octanol–water partition coefficient (Wildman–Crippen LogP) is 7.66. The van der Waals surface area contributed by atoms with Gasteiger partial charge in [-0.25, -0.2) is 0 Å². The first-order valence-corrected chi connectivity index (χ1v) is 19.0. The number of rotatable bonds is 0. The number of hydrogen-bond acceptors (Lipinski definition) is 6. The Bertz CT molecular complexity index is 2130. The van der Waals surface area contributed by atoms with Crippen LogP contribution in [0.5, 0.6) is 0 Å². The highest BCUT2D eigenvalue weighted by atomic mass is 16.2. The summed E-state index contributed by atoms with van der Waals surface area (Å²) in [5.74, 6) is -1.67. The fourth-order valence-electron chi connectivity index (χ4n) is 6.83. The zero-order chi connectivity index (χ0) is 42.8. The number of carbonyl (C=O) groups excluding carboxylic acids is 6. The molecule has 0 N–H and O–H groups in total. The molecular weight excluding hydrogens is 757 g/mol. The van der Waals surface area contributed by atoms with E-state index in [9.17, 15) is 28.8 Å². The molecule has 16 rings (SSSR count). The van der Waals surface area contributed by atoms with Gasteiger partial charge in [0.25, 0.3) is 35.4 Å². The maximum absolute atomic E-state index is 13.5. The lowest BCUT2D eigenvalue weighted by Crippen LogP contribution is -2.29. The van der Waals surface area contributed by atoms with Crippen LogP contribution in [0.1, 0.15) is 62.1 Å². The largest absolute Gasteiger partial charge is 0.311 e. The number of amides is 6. The lowest BCUT2D eigenvalue weighted by atomic mass is 10.1. The van der Waals surface area contributed by atoms with Gasteiger partial charge >= 0.3 is 0 Å². The van der Waals surface area contributed by atoms with Crippen LogP contribution in [0.3, 0.4) is 0 Å². The van der Waals surface area contributed by atoms with Crippen molar-refractivity contribution in [3.63, 3.8) is 0 Å².